The Labute approximate surface area is 169 Å². The lowest BCUT2D eigenvalue weighted by atomic mass is 10.2. The average Bonchev–Trinajstić information content (AvgIpc) is 2.69. The summed E-state index contributed by atoms with van der Waals surface area (Å²) in [5.74, 6) is -0.408. The summed E-state index contributed by atoms with van der Waals surface area (Å²) in [4.78, 5) is 24.4. The fraction of sp³-hybridized carbons (Fsp3) is 0.368. The molecule has 1 aliphatic rings. The molecule has 1 fully saturated rings. The summed E-state index contributed by atoms with van der Waals surface area (Å²) in [6.07, 6.45) is 3.89. The minimum Gasteiger partial charge on any atom is -0.350 e. The summed E-state index contributed by atoms with van der Waals surface area (Å²) < 4.78 is 28.1. The van der Waals surface area contributed by atoms with E-state index in [-0.39, 0.29) is 18.0 Å². The zero-order chi connectivity index (χ0) is 20.1. The Hall–Kier alpha value is -2.16. The van der Waals surface area contributed by atoms with E-state index < -0.39 is 21.5 Å². The number of hydrogen-bond donors (Lipinski definition) is 1. The van der Waals surface area contributed by atoms with Crippen LogP contribution in [0.4, 0.5) is 0 Å². The van der Waals surface area contributed by atoms with Gasteiger partial charge in [0, 0.05) is 36.9 Å². The van der Waals surface area contributed by atoms with Crippen LogP contribution in [0.15, 0.2) is 52.3 Å². The normalized spacial score (nSPS) is 15.3. The minimum absolute atomic E-state index is 0.0212. The number of sulfonamides is 1. The quantitative estimate of drug-likeness (QED) is 0.769. The van der Waals surface area contributed by atoms with E-state index in [1.54, 1.807) is 18.2 Å². The van der Waals surface area contributed by atoms with Crippen molar-refractivity contribution in [2.24, 2.45) is 0 Å². The third kappa shape index (κ3) is 4.81. The summed E-state index contributed by atoms with van der Waals surface area (Å²) in [6.45, 7) is 0.894. The molecule has 1 saturated heterocycles. The van der Waals surface area contributed by atoms with Crippen molar-refractivity contribution in [3.8, 4) is 0 Å². The van der Waals surface area contributed by atoms with Crippen molar-refractivity contribution in [1.29, 1.82) is 0 Å². The predicted octanol–water partition coefficient (Wildman–Crippen LogP) is 1.99. The second-order valence-corrected chi connectivity index (χ2v) is 9.01. The van der Waals surface area contributed by atoms with Gasteiger partial charge in [-0.15, -0.1) is 0 Å². The number of rotatable bonds is 6. The van der Waals surface area contributed by atoms with Crippen LogP contribution in [0.1, 0.15) is 24.8 Å². The van der Waals surface area contributed by atoms with Crippen molar-refractivity contribution < 1.29 is 13.2 Å². The first-order valence-electron chi connectivity index (χ1n) is 9.09. The molecule has 1 amide bonds. The number of pyridine rings is 1. The monoisotopic (exact) mass is 423 g/mol. The molecule has 1 aromatic carbocycles. The number of amides is 1. The topological polar surface area (TPSA) is 88.5 Å². The number of nitrogens with zero attached hydrogens (tertiary/aromatic N) is 2. The Morgan fingerprint density at radius 3 is 2.50 bits per heavy atom. The van der Waals surface area contributed by atoms with Crippen molar-refractivity contribution in [2.75, 3.05) is 13.1 Å². The molecule has 2 aromatic rings. The molecule has 3 rings (SSSR count). The Bertz CT molecular complexity index is 1010. The van der Waals surface area contributed by atoms with Gasteiger partial charge in [-0.05, 0) is 30.5 Å². The highest BCUT2D eigenvalue weighted by atomic mass is 35.5. The summed E-state index contributed by atoms with van der Waals surface area (Å²) in [5.41, 5.74) is 0.316. The summed E-state index contributed by atoms with van der Waals surface area (Å²) in [5, 5.41) is 3.23. The maximum atomic E-state index is 12.8. The van der Waals surface area contributed by atoms with Crippen LogP contribution in [-0.4, -0.2) is 36.3 Å². The van der Waals surface area contributed by atoms with Crippen molar-refractivity contribution in [2.45, 2.75) is 37.2 Å². The van der Waals surface area contributed by atoms with Crippen LogP contribution in [0.5, 0.6) is 0 Å². The zero-order valence-corrected chi connectivity index (χ0v) is 16.9. The van der Waals surface area contributed by atoms with Crippen LogP contribution in [0, 0.1) is 0 Å². The molecule has 0 unspecified atom stereocenters. The van der Waals surface area contributed by atoms with Gasteiger partial charge in [0.1, 0.15) is 6.54 Å². The molecular weight excluding hydrogens is 402 g/mol. The number of nitrogens with one attached hydrogen (secondary N) is 1. The molecule has 28 heavy (non-hydrogen) atoms. The molecule has 0 spiro atoms. The lowest BCUT2D eigenvalue weighted by molar-refractivity contribution is -0.121. The maximum absolute atomic E-state index is 12.8. The fourth-order valence-corrected chi connectivity index (χ4v) is 4.83. The lowest BCUT2D eigenvalue weighted by Gasteiger charge is -2.26. The molecule has 2 heterocycles. The minimum atomic E-state index is -3.67. The molecule has 9 heteroatoms. The fourth-order valence-electron chi connectivity index (χ4n) is 3.09. The smallest absolute Gasteiger partial charge is 0.251 e. The highest BCUT2D eigenvalue weighted by molar-refractivity contribution is 7.89. The molecule has 7 nitrogen and oxygen atoms in total. The highest BCUT2D eigenvalue weighted by Crippen LogP contribution is 2.19. The average molecular weight is 424 g/mol. The molecule has 150 valence electrons. The van der Waals surface area contributed by atoms with Gasteiger partial charge in [-0.1, -0.05) is 36.2 Å². The Morgan fingerprint density at radius 1 is 1.07 bits per heavy atom. The number of benzene rings is 1. The molecule has 0 radical (unpaired) electrons. The third-order valence-corrected chi connectivity index (χ3v) is 6.91. The number of aromatic nitrogens is 1. The Balaban J connectivity index is 1.72. The largest absolute Gasteiger partial charge is 0.350 e. The van der Waals surface area contributed by atoms with Crippen molar-refractivity contribution in [1.82, 2.24) is 14.2 Å². The molecule has 1 aromatic heterocycles. The van der Waals surface area contributed by atoms with E-state index in [9.17, 15) is 18.0 Å². The molecule has 0 atom stereocenters. The van der Waals surface area contributed by atoms with Gasteiger partial charge in [-0.3, -0.25) is 9.59 Å². The summed E-state index contributed by atoms with van der Waals surface area (Å²) >= 11 is 6.06. The number of hydrogen-bond acceptors (Lipinski definition) is 4. The lowest BCUT2D eigenvalue weighted by Crippen LogP contribution is -2.37. The van der Waals surface area contributed by atoms with Gasteiger partial charge >= 0.3 is 0 Å². The van der Waals surface area contributed by atoms with E-state index in [0.29, 0.717) is 18.1 Å². The standard InChI is InChI=1S/C19H22ClN3O4S/c20-17-7-3-2-6-15(17)12-21-18(24)14-22-13-16(8-9-19(22)25)28(26,27)23-10-4-1-5-11-23/h2-3,6-9,13H,1,4-5,10-12,14H2,(H,21,24). The molecule has 0 aliphatic carbocycles. The van der Waals surface area contributed by atoms with Gasteiger partial charge in [0.2, 0.25) is 15.9 Å². The van der Waals surface area contributed by atoms with E-state index in [0.717, 1.165) is 29.4 Å². The SMILES string of the molecule is O=C(Cn1cc(S(=O)(=O)N2CCCCC2)ccc1=O)NCc1ccccc1Cl. The first-order valence-corrected chi connectivity index (χ1v) is 10.9. The maximum Gasteiger partial charge on any atom is 0.251 e. The summed E-state index contributed by atoms with van der Waals surface area (Å²) in [7, 11) is -3.67. The molecule has 1 N–H and O–H groups in total. The van der Waals surface area contributed by atoms with Crippen LogP contribution >= 0.6 is 11.6 Å². The Morgan fingerprint density at radius 2 is 1.79 bits per heavy atom. The van der Waals surface area contributed by atoms with Crippen LogP contribution in [0.2, 0.25) is 5.02 Å². The third-order valence-electron chi connectivity index (χ3n) is 4.66. The van der Waals surface area contributed by atoms with Crippen LogP contribution in [0.3, 0.4) is 0 Å². The first kappa shape index (κ1) is 20.6. The molecule has 0 saturated carbocycles. The first-order chi connectivity index (χ1) is 13.4. The predicted molar refractivity (Wildman–Crippen MR) is 107 cm³/mol. The van der Waals surface area contributed by atoms with Gasteiger partial charge in [-0.25, -0.2) is 8.42 Å². The van der Waals surface area contributed by atoms with Crippen LogP contribution in [0.25, 0.3) is 0 Å². The number of carbonyl (C=O) groups excluding carboxylic acids is 1. The van der Waals surface area contributed by atoms with Crippen molar-refractivity contribution in [3.63, 3.8) is 0 Å². The highest BCUT2D eigenvalue weighted by Gasteiger charge is 2.26. The zero-order valence-electron chi connectivity index (χ0n) is 15.3. The van der Waals surface area contributed by atoms with Gasteiger partial charge in [0.25, 0.3) is 5.56 Å². The number of piperidine rings is 1. The van der Waals surface area contributed by atoms with E-state index >= 15 is 0 Å². The molecule has 1 aliphatic heterocycles. The molecule has 0 bridgehead atoms. The second-order valence-electron chi connectivity index (χ2n) is 6.66. The van der Waals surface area contributed by atoms with E-state index in [1.807, 2.05) is 6.07 Å². The summed E-state index contributed by atoms with van der Waals surface area (Å²) in [6, 6.07) is 9.60. The van der Waals surface area contributed by atoms with E-state index in [4.69, 9.17) is 11.6 Å². The van der Waals surface area contributed by atoms with Crippen molar-refractivity contribution >= 4 is 27.5 Å². The van der Waals surface area contributed by atoms with E-state index in [1.165, 1.54) is 22.6 Å². The van der Waals surface area contributed by atoms with Crippen LogP contribution < -0.4 is 10.9 Å². The van der Waals surface area contributed by atoms with Gasteiger partial charge in [0.05, 0.1) is 4.90 Å². The second kappa shape index (κ2) is 8.89. The number of carbonyl (C=O) groups is 1. The number of halogens is 1. The Kier molecular flexibility index (Phi) is 6.53. The van der Waals surface area contributed by atoms with Gasteiger partial charge < -0.3 is 9.88 Å². The van der Waals surface area contributed by atoms with E-state index in [2.05, 4.69) is 5.32 Å². The van der Waals surface area contributed by atoms with Crippen molar-refractivity contribution in [3.05, 3.63) is 63.5 Å². The van der Waals surface area contributed by atoms with Crippen LogP contribution in [-0.2, 0) is 27.9 Å². The van der Waals surface area contributed by atoms with Gasteiger partial charge in [-0.2, -0.15) is 4.31 Å². The molecular formula is C19H22ClN3O4S. The van der Waals surface area contributed by atoms with Gasteiger partial charge in [0.15, 0.2) is 0 Å².